The standard InChI is InChI=1S/C17H18N4O4/c1-2-17-9-20(7-8-21(17)16(24)25-10-17)14(22)13-11-5-3-4-6-12(11)18-15(23)19-13/h3-6H,2,7-10H2,1H3,(H,18,19,23). The van der Waals surface area contributed by atoms with Gasteiger partial charge in [-0.25, -0.2) is 9.59 Å². The van der Waals surface area contributed by atoms with Crippen molar-refractivity contribution < 1.29 is 14.3 Å². The van der Waals surface area contributed by atoms with Crippen molar-refractivity contribution in [2.24, 2.45) is 0 Å². The number of cyclic esters (lactones) is 1. The van der Waals surface area contributed by atoms with Crippen molar-refractivity contribution in [1.29, 1.82) is 0 Å². The predicted octanol–water partition coefficient (Wildman–Crippen LogP) is 0.980. The molecule has 2 aliphatic heterocycles. The first-order valence-electron chi connectivity index (χ1n) is 8.27. The molecule has 2 fully saturated rings. The number of aromatic nitrogens is 2. The lowest BCUT2D eigenvalue weighted by atomic mass is 9.92. The van der Waals surface area contributed by atoms with Gasteiger partial charge >= 0.3 is 11.8 Å². The molecule has 130 valence electrons. The summed E-state index contributed by atoms with van der Waals surface area (Å²) in [5.74, 6) is -0.297. The molecule has 1 atom stereocenters. The number of carbonyl (C=O) groups excluding carboxylic acids is 2. The highest BCUT2D eigenvalue weighted by Crippen LogP contribution is 2.32. The number of fused-ring (bicyclic) bond motifs is 2. The maximum absolute atomic E-state index is 13.1. The summed E-state index contributed by atoms with van der Waals surface area (Å²) in [5.41, 5.74) is -0.328. The molecule has 2 saturated heterocycles. The zero-order valence-electron chi connectivity index (χ0n) is 13.8. The fraction of sp³-hybridized carbons (Fsp3) is 0.412. The van der Waals surface area contributed by atoms with Crippen LogP contribution in [0, 0.1) is 0 Å². The van der Waals surface area contributed by atoms with E-state index in [0.29, 0.717) is 37.0 Å². The monoisotopic (exact) mass is 342 g/mol. The molecule has 0 aliphatic carbocycles. The molecule has 1 aromatic heterocycles. The van der Waals surface area contributed by atoms with Gasteiger partial charge in [0.1, 0.15) is 12.3 Å². The Hall–Kier alpha value is -2.90. The van der Waals surface area contributed by atoms with Gasteiger partial charge in [-0.1, -0.05) is 25.1 Å². The summed E-state index contributed by atoms with van der Waals surface area (Å²) in [6.07, 6.45) is 0.361. The lowest BCUT2D eigenvalue weighted by Crippen LogP contribution is -2.62. The second-order valence-electron chi connectivity index (χ2n) is 6.45. The largest absolute Gasteiger partial charge is 0.447 e. The van der Waals surface area contributed by atoms with Crippen LogP contribution in [0.5, 0.6) is 0 Å². The molecule has 1 unspecified atom stereocenters. The maximum Gasteiger partial charge on any atom is 0.410 e. The number of hydrogen-bond acceptors (Lipinski definition) is 5. The summed E-state index contributed by atoms with van der Waals surface area (Å²) in [6, 6.07) is 7.09. The van der Waals surface area contributed by atoms with Crippen LogP contribution in [0.25, 0.3) is 10.9 Å². The summed E-state index contributed by atoms with van der Waals surface area (Å²) >= 11 is 0. The average Bonchev–Trinajstić information content (AvgIpc) is 2.97. The lowest BCUT2D eigenvalue weighted by Gasteiger charge is -2.44. The summed E-state index contributed by atoms with van der Waals surface area (Å²) in [7, 11) is 0. The number of rotatable bonds is 2. The molecule has 0 saturated carbocycles. The predicted molar refractivity (Wildman–Crippen MR) is 89.3 cm³/mol. The minimum Gasteiger partial charge on any atom is -0.447 e. The molecule has 0 bridgehead atoms. The van der Waals surface area contributed by atoms with Gasteiger partial charge in [-0.05, 0) is 12.5 Å². The van der Waals surface area contributed by atoms with Crippen LogP contribution in [0.2, 0.25) is 0 Å². The third kappa shape index (κ3) is 2.36. The molecule has 8 nitrogen and oxygen atoms in total. The van der Waals surface area contributed by atoms with E-state index in [1.54, 1.807) is 34.1 Å². The van der Waals surface area contributed by atoms with Gasteiger partial charge in [0, 0.05) is 25.0 Å². The molecule has 8 heteroatoms. The van der Waals surface area contributed by atoms with Crippen molar-refractivity contribution in [1.82, 2.24) is 19.8 Å². The average molecular weight is 342 g/mol. The molecule has 2 aromatic rings. The Bertz CT molecular complexity index is 924. The van der Waals surface area contributed by atoms with Crippen LogP contribution in [-0.4, -0.2) is 63.5 Å². The van der Waals surface area contributed by atoms with Crippen LogP contribution >= 0.6 is 0 Å². The Kier molecular flexibility index (Phi) is 3.48. The molecule has 2 aliphatic rings. The number of amides is 2. The highest BCUT2D eigenvalue weighted by molar-refractivity contribution is 6.04. The molecule has 1 aromatic carbocycles. The zero-order valence-corrected chi connectivity index (χ0v) is 13.8. The van der Waals surface area contributed by atoms with Crippen molar-refractivity contribution in [3.63, 3.8) is 0 Å². The van der Waals surface area contributed by atoms with Gasteiger partial charge in [-0.15, -0.1) is 0 Å². The van der Waals surface area contributed by atoms with E-state index in [2.05, 4.69) is 9.97 Å². The smallest absolute Gasteiger partial charge is 0.410 e. The van der Waals surface area contributed by atoms with E-state index in [0.717, 1.165) is 0 Å². The van der Waals surface area contributed by atoms with Gasteiger partial charge in [0.25, 0.3) is 5.91 Å². The number of nitrogens with one attached hydrogen (secondary N) is 1. The van der Waals surface area contributed by atoms with Gasteiger partial charge in [-0.3, -0.25) is 9.69 Å². The summed E-state index contributed by atoms with van der Waals surface area (Å²) in [4.78, 5) is 46.7. The Morgan fingerprint density at radius 3 is 2.92 bits per heavy atom. The van der Waals surface area contributed by atoms with Crippen molar-refractivity contribution in [2.45, 2.75) is 18.9 Å². The zero-order chi connectivity index (χ0) is 17.6. The number of piperazine rings is 1. The Balaban J connectivity index is 1.71. The Labute approximate surface area is 143 Å². The van der Waals surface area contributed by atoms with Crippen LogP contribution in [-0.2, 0) is 4.74 Å². The van der Waals surface area contributed by atoms with Crippen LogP contribution in [0.3, 0.4) is 0 Å². The van der Waals surface area contributed by atoms with Crippen LogP contribution in [0.15, 0.2) is 29.1 Å². The quantitative estimate of drug-likeness (QED) is 0.878. The number of hydrogen-bond donors (Lipinski definition) is 1. The van der Waals surface area contributed by atoms with Crippen molar-refractivity contribution >= 4 is 22.9 Å². The molecule has 0 spiro atoms. The number of nitrogens with zero attached hydrogens (tertiary/aromatic N) is 3. The van der Waals surface area contributed by atoms with Gasteiger partial charge in [-0.2, -0.15) is 4.98 Å². The summed E-state index contributed by atoms with van der Waals surface area (Å²) < 4.78 is 5.20. The Morgan fingerprint density at radius 1 is 1.32 bits per heavy atom. The minimum atomic E-state index is -0.551. The van der Waals surface area contributed by atoms with E-state index in [4.69, 9.17) is 4.74 Å². The first-order chi connectivity index (χ1) is 12.0. The molecule has 1 N–H and O–H groups in total. The number of ether oxygens (including phenoxy) is 1. The van der Waals surface area contributed by atoms with E-state index in [1.807, 2.05) is 6.92 Å². The van der Waals surface area contributed by atoms with E-state index >= 15 is 0 Å². The second-order valence-corrected chi connectivity index (χ2v) is 6.45. The highest BCUT2D eigenvalue weighted by Gasteiger charge is 2.50. The summed E-state index contributed by atoms with van der Waals surface area (Å²) in [6.45, 7) is 3.42. The van der Waals surface area contributed by atoms with Crippen molar-refractivity contribution in [3.8, 4) is 0 Å². The first kappa shape index (κ1) is 15.6. The topological polar surface area (TPSA) is 95.6 Å². The molecule has 2 amide bonds. The highest BCUT2D eigenvalue weighted by atomic mass is 16.6. The number of H-pyrrole nitrogens is 1. The Morgan fingerprint density at radius 2 is 2.12 bits per heavy atom. The van der Waals surface area contributed by atoms with Crippen LogP contribution in [0.4, 0.5) is 4.79 Å². The minimum absolute atomic E-state index is 0.143. The molecule has 25 heavy (non-hydrogen) atoms. The number of carbonyl (C=O) groups is 2. The van der Waals surface area contributed by atoms with E-state index in [1.165, 1.54) is 0 Å². The fourth-order valence-electron chi connectivity index (χ4n) is 3.65. The van der Waals surface area contributed by atoms with E-state index in [-0.39, 0.29) is 24.3 Å². The normalized spacial score (nSPS) is 22.8. The van der Waals surface area contributed by atoms with Crippen LogP contribution in [0.1, 0.15) is 23.8 Å². The number of para-hydroxylation sites is 1. The second kappa shape index (κ2) is 5.58. The lowest BCUT2D eigenvalue weighted by molar-refractivity contribution is 0.0358. The van der Waals surface area contributed by atoms with Crippen LogP contribution < -0.4 is 5.69 Å². The van der Waals surface area contributed by atoms with Crippen molar-refractivity contribution in [3.05, 3.63) is 40.4 Å². The molecular formula is C17H18N4O4. The third-order valence-electron chi connectivity index (χ3n) is 5.12. The number of benzene rings is 1. The van der Waals surface area contributed by atoms with E-state index < -0.39 is 11.2 Å². The first-order valence-corrected chi connectivity index (χ1v) is 8.27. The van der Waals surface area contributed by atoms with Gasteiger partial charge in [0.2, 0.25) is 0 Å². The molecular weight excluding hydrogens is 324 g/mol. The third-order valence-corrected chi connectivity index (χ3v) is 5.12. The fourth-order valence-corrected chi connectivity index (χ4v) is 3.65. The van der Waals surface area contributed by atoms with Gasteiger partial charge in [0.05, 0.1) is 11.1 Å². The molecule has 4 rings (SSSR count). The number of aromatic amines is 1. The van der Waals surface area contributed by atoms with Crippen molar-refractivity contribution in [2.75, 3.05) is 26.2 Å². The summed E-state index contributed by atoms with van der Waals surface area (Å²) in [5, 5.41) is 0.610. The molecule has 3 heterocycles. The maximum atomic E-state index is 13.1. The van der Waals surface area contributed by atoms with Gasteiger partial charge in [0.15, 0.2) is 0 Å². The van der Waals surface area contributed by atoms with Gasteiger partial charge < -0.3 is 14.6 Å². The molecule has 0 radical (unpaired) electrons. The van der Waals surface area contributed by atoms with E-state index in [9.17, 15) is 14.4 Å². The SMILES string of the molecule is CCC12COC(=O)N1CCN(C(=O)c1nc(=O)[nH]c3ccccc13)C2.